The molecule has 0 N–H and O–H groups in total. The van der Waals surface area contributed by atoms with Crippen LogP contribution in [0.4, 0.5) is 0 Å². The second kappa shape index (κ2) is 8.12. The summed E-state index contributed by atoms with van der Waals surface area (Å²) < 4.78 is 16.3. The highest BCUT2D eigenvalue weighted by atomic mass is 16.9. The van der Waals surface area contributed by atoms with Gasteiger partial charge in [-0.2, -0.15) is 5.26 Å². The average Bonchev–Trinajstić information content (AvgIpc) is 2.84. The maximum absolute atomic E-state index is 9.82. The van der Waals surface area contributed by atoms with E-state index >= 15 is 0 Å². The minimum absolute atomic E-state index is 0.401. The zero-order chi connectivity index (χ0) is 15.9. The van der Waals surface area contributed by atoms with Gasteiger partial charge < -0.3 is 14.2 Å². The summed E-state index contributed by atoms with van der Waals surface area (Å²) in [4.78, 5) is 0. The standard InChI is InChI=1S/C17H31NO3/c1-6-8-14-10-16(13-18,11-15(14)9-7-2)12-17(19-3,20-4)21-5/h14-15H,6-12H2,1-5H3. The fourth-order valence-electron chi connectivity index (χ4n) is 3.99. The number of nitriles is 1. The van der Waals surface area contributed by atoms with Gasteiger partial charge in [0, 0.05) is 27.8 Å². The van der Waals surface area contributed by atoms with Gasteiger partial charge in [0.2, 0.25) is 0 Å². The summed E-state index contributed by atoms with van der Waals surface area (Å²) in [6.07, 6.45) is 7.09. The van der Waals surface area contributed by atoms with Gasteiger partial charge in [0.25, 0.3) is 5.97 Å². The molecule has 4 nitrogen and oxygen atoms in total. The third-order valence-electron chi connectivity index (χ3n) is 5.02. The predicted molar refractivity (Wildman–Crippen MR) is 82.5 cm³/mol. The van der Waals surface area contributed by atoms with Crippen molar-refractivity contribution in [2.24, 2.45) is 17.3 Å². The summed E-state index contributed by atoms with van der Waals surface area (Å²) in [6, 6.07) is 2.57. The van der Waals surface area contributed by atoms with Crippen molar-refractivity contribution in [3.8, 4) is 6.07 Å². The minimum Gasteiger partial charge on any atom is -0.331 e. The Morgan fingerprint density at radius 1 is 1.00 bits per heavy atom. The third-order valence-corrected chi connectivity index (χ3v) is 5.02. The molecule has 0 radical (unpaired) electrons. The second-order valence-corrected chi connectivity index (χ2v) is 6.37. The molecule has 0 aromatic rings. The number of hydrogen-bond donors (Lipinski definition) is 0. The summed E-state index contributed by atoms with van der Waals surface area (Å²) in [5, 5.41) is 9.82. The van der Waals surface area contributed by atoms with Crippen LogP contribution in [0.25, 0.3) is 0 Å². The van der Waals surface area contributed by atoms with Crippen molar-refractivity contribution in [1.82, 2.24) is 0 Å². The summed E-state index contributed by atoms with van der Waals surface area (Å²) in [5.74, 6) is 0.170. The predicted octanol–water partition coefficient (Wildman–Crippen LogP) is 4.11. The highest BCUT2D eigenvalue weighted by Gasteiger charge is 2.50. The minimum atomic E-state index is -1.10. The van der Waals surface area contributed by atoms with Crippen molar-refractivity contribution in [3.05, 3.63) is 0 Å². The fraction of sp³-hybridized carbons (Fsp3) is 0.941. The van der Waals surface area contributed by atoms with Gasteiger partial charge in [-0.3, -0.25) is 0 Å². The normalized spacial score (nSPS) is 29.5. The van der Waals surface area contributed by atoms with Crippen LogP contribution in [-0.2, 0) is 14.2 Å². The first kappa shape index (κ1) is 18.4. The van der Waals surface area contributed by atoms with Crippen LogP contribution in [0.3, 0.4) is 0 Å². The van der Waals surface area contributed by atoms with E-state index in [-0.39, 0.29) is 0 Å². The van der Waals surface area contributed by atoms with E-state index in [1.165, 1.54) is 25.7 Å². The van der Waals surface area contributed by atoms with Gasteiger partial charge >= 0.3 is 0 Å². The highest BCUT2D eigenvalue weighted by molar-refractivity contribution is 5.07. The van der Waals surface area contributed by atoms with Crippen molar-refractivity contribution in [3.63, 3.8) is 0 Å². The van der Waals surface area contributed by atoms with E-state index in [9.17, 15) is 5.26 Å². The lowest BCUT2D eigenvalue weighted by Crippen LogP contribution is -2.41. The van der Waals surface area contributed by atoms with Crippen molar-refractivity contribution < 1.29 is 14.2 Å². The van der Waals surface area contributed by atoms with Crippen LogP contribution in [-0.4, -0.2) is 27.3 Å². The molecule has 1 fully saturated rings. The summed E-state index contributed by atoms with van der Waals surface area (Å²) in [6.45, 7) is 4.44. The lowest BCUT2D eigenvalue weighted by Gasteiger charge is -2.34. The second-order valence-electron chi connectivity index (χ2n) is 6.37. The van der Waals surface area contributed by atoms with Crippen molar-refractivity contribution in [2.75, 3.05) is 21.3 Å². The molecular weight excluding hydrogens is 266 g/mol. The molecule has 1 saturated carbocycles. The number of rotatable bonds is 9. The Morgan fingerprint density at radius 3 is 1.71 bits per heavy atom. The molecule has 1 aliphatic carbocycles. The van der Waals surface area contributed by atoms with Gasteiger partial charge in [0.1, 0.15) is 0 Å². The van der Waals surface area contributed by atoms with E-state index in [0.29, 0.717) is 18.3 Å². The molecule has 21 heavy (non-hydrogen) atoms. The van der Waals surface area contributed by atoms with E-state index < -0.39 is 11.4 Å². The lowest BCUT2D eigenvalue weighted by molar-refractivity contribution is -0.362. The zero-order valence-corrected chi connectivity index (χ0v) is 14.3. The van der Waals surface area contributed by atoms with Crippen LogP contribution < -0.4 is 0 Å². The van der Waals surface area contributed by atoms with Crippen LogP contribution in [0.2, 0.25) is 0 Å². The van der Waals surface area contributed by atoms with Gasteiger partial charge in [-0.1, -0.05) is 39.5 Å². The van der Waals surface area contributed by atoms with E-state index in [4.69, 9.17) is 14.2 Å². The third kappa shape index (κ3) is 4.18. The topological polar surface area (TPSA) is 51.5 Å². The first-order valence-corrected chi connectivity index (χ1v) is 8.11. The maximum atomic E-state index is 9.82. The molecule has 2 unspecified atom stereocenters. The largest absolute Gasteiger partial charge is 0.331 e. The summed E-state index contributed by atoms with van der Waals surface area (Å²) in [7, 11) is 4.71. The molecule has 0 saturated heterocycles. The number of hydrogen-bond acceptors (Lipinski definition) is 4. The summed E-state index contributed by atoms with van der Waals surface area (Å²) in [5.41, 5.74) is -0.401. The number of nitrogens with zero attached hydrogens (tertiary/aromatic N) is 1. The highest BCUT2D eigenvalue weighted by Crippen LogP contribution is 2.52. The molecule has 0 aromatic carbocycles. The average molecular weight is 297 g/mol. The lowest BCUT2D eigenvalue weighted by atomic mass is 9.81. The SMILES string of the molecule is CCCC1CC(C#N)(CC(OC)(OC)OC)CC1CCC. The maximum Gasteiger partial charge on any atom is 0.283 e. The molecule has 0 bridgehead atoms. The Bertz CT molecular complexity index is 324. The van der Waals surface area contributed by atoms with Crippen LogP contribution in [0.15, 0.2) is 0 Å². The van der Waals surface area contributed by atoms with E-state index in [0.717, 1.165) is 12.8 Å². The molecule has 0 amide bonds. The molecule has 0 aromatic heterocycles. The fourth-order valence-corrected chi connectivity index (χ4v) is 3.99. The van der Waals surface area contributed by atoms with Crippen LogP contribution in [0.1, 0.15) is 58.8 Å². The van der Waals surface area contributed by atoms with E-state index in [1.54, 1.807) is 21.3 Å². The van der Waals surface area contributed by atoms with Crippen LogP contribution in [0.5, 0.6) is 0 Å². The summed E-state index contributed by atoms with van der Waals surface area (Å²) >= 11 is 0. The van der Waals surface area contributed by atoms with Gasteiger partial charge in [0.15, 0.2) is 0 Å². The molecule has 122 valence electrons. The first-order valence-electron chi connectivity index (χ1n) is 8.11. The molecule has 2 atom stereocenters. The van der Waals surface area contributed by atoms with Gasteiger partial charge in [0.05, 0.1) is 11.5 Å². The molecule has 0 spiro atoms. The van der Waals surface area contributed by atoms with Crippen molar-refractivity contribution in [1.29, 1.82) is 5.26 Å². The molecule has 4 heteroatoms. The van der Waals surface area contributed by atoms with Crippen molar-refractivity contribution in [2.45, 2.75) is 64.8 Å². The Morgan fingerprint density at radius 2 is 1.43 bits per heavy atom. The van der Waals surface area contributed by atoms with E-state index in [1.807, 2.05) is 0 Å². The molecule has 0 aliphatic heterocycles. The van der Waals surface area contributed by atoms with Crippen LogP contribution >= 0.6 is 0 Å². The van der Waals surface area contributed by atoms with Crippen molar-refractivity contribution >= 4 is 0 Å². The molecule has 0 heterocycles. The Kier molecular flexibility index (Phi) is 7.12. The quantitative estimate of drug-likeness (QED) is 0.601. The smallest absolute Gasteiger partial charge is 0.283 e. The monoisotopic (exact) mass is 297 g/mol. The number of methoxy groups -OCH3 is 3. The Hall–Kier alpha value is -0.630. The van der Waals surface area contributed by atoms with E-state index in [2.05, 4.69) is 19.9 Å². The molecular formula is C17H31NO3. The first-order chi connectivity index (χ1) is 10.0. The number of ether oxygens (including phenoxy) is 3. The Labute approximate surface area is 129 Å². The Balaban J connectivity index is 2.92. The van der Waals surface area contributed by atoms with Crippen LogP contribution in [0, 0.1) is 28.6 Å². The van der Waals surface area contributed by atoms with Gasteiger partial charge in [-0.25, -0.2) is 0 Å². The zero-order valence-electron chi connectivity index (χ0n) is 14.3. The molecule has 1 rings (SSSR count). The molecule has 1 aliphatic rings. The van der Waals surface area contributed by atoms with Gasteiger partial charge in [-0.15, -0.1) is 0 Å². The van der Waals surface area contributed by atoms with Gasteiger partial charge in [-0.05, 0) is 24.7 Å².